The first-order chi connectivity index (χ1) is 15.5. The van der Waals surface area contributed by atoms with Crippen molar-refractivity contribution in [2.45, 2.75) is 30.5 Å². The maximum atomic E-state index is 13.3. The number of piperidine rings is 1. The molecule has 1 aliphatic rings. The van der Waals surface area contributed by atoms with Crippen molar-refractivity contribution in [3.05, 3.63) is 54.1 Å². The number of methoxy groups -OCH3 is 1. The number of likely N-dealkylation sites (N-methyl/N-ethyl adjacent to an activating group) is 1. The molecule has 1 aromatic heterocycles. The Balaban J connectivity index is 1.60. The lowest BCUT2D eigenvalue weighted by molar-refractivity contribution is -0.138. The zero-order valence-corrected chi connectivity index (χ0v) is 19.3. The predicted molar refractivity (Wildman–Crippen MR) is 121 cm³/mol. The summed E-state index contributed by atoms with van der Waals surface area (Å²) in [4.78, 5) is 37.1. The van der Waals surface area contributed by atoms with Crippen molar-refractivity contribution < 1.29 is 18.7 Å². The van der Waals surface area contributed by atoms with Gasteiger partial charge in [-0.05, 0) is 48.9 Å². The van der Waals surface area contributed by atoms with Crippen LogP contribution in [0.15, 0.2) is 47.9 Å². The number of carbonyl (C=O) groups excluding carboxylic acids is 2. The highest BCUT2D eigenvalue weighted by Gasteiger charge is 2.32. The van der Waals surface area contributed by atoms with E-state index in [-0.39, 0.29) is 36.2 Å². The normalized spacial score (nSPS) is 15.4. The highest BCUT2D eigenvalue weighted by Crippen LogP contribution is 2.27. The van der Waals surface area contributed by atoms with Gasteiger partial charge in [0.05, 0.1) is 5.75 Å². The van der Waals surface area contributed by atoms with Gasteiger partial charge in [-0.1, -0.05) is 23.9 Å². The van der Waals surface area contributed by atoms with Gasteiger partial charge in [-0.25, -0.2) is 14.4 Å². The van der Waals surface area contributed by atoms with E-state index in [0.29, 0.717) is 30.4 Å². The SMILES string of the molecule is COCC(=O)N(C)[C@@H](Cc1ccc(F)cc1)C1CCN(C(=O)CSc2ncccn2)CC1. The highest BCUT2D eigenvalue weighted by atomic mass is 32.2. The van der Waals surface area contributed by atoms with Crippen molar-refractivity contribution in [1.29, 1.82) is 0 Å². The number of hydrogen-bond acceptors (Lipinski definition) is 6. The number of benzene rings is 1. The molecule has 0 bridgehead atoms. The standard InChI is InChI=1S/C23H29FN4O3S/c1-27(21(29)15-31-2)20(14-17-4-6-19(24)7-5-17)18-8-12-28(13-9-18)22(30)16-32-23-25-10-3-11-26-23/h3-7,10-11,18,20H,8-9,12-16H2,1-2H3/t20-/m0/s1. The number of rotatable bonds is 9. The fourth-order valence-corrected chi connectivity index (χ4v) is 4.71. The maximum absolute atomic E-state index is 13.3. The summed E-state index contributed by atoms with van der Waals surface area (Å²) in [7, 11) is 3.30. The molecule has 0 saturated carbocycles. The molecule has 2 heterocycles. The third kappa shape index (κ3) is 6.74. The number of ether oxygens (including phenoxy) is 1. The van der Waals surface area contributed by atoms with E-state index in [9.17, 15) is 14.0 Å². The fourth-order valence-electron chi connectivity index (χ4n) is 4.00. The molecular weight excluding hydrogens is 431 g/mol. The van der Waals surface area contributed by atoms with Crippen LogP contribution in [-0.2, 0) is 20.7 Å². The number of likely N-dealkylation sites (tertiary alicyclic amines) is 1. The van der Waals surface area contributed by atoms with Crippen molar-refractivity contribution >= 4 is 23.6 Å². The zero-order valence-electron chi connectivity index (χ0n) is 18.4. The van der Waals surface area contributed by atoms with Crippen LogP contribution in [0.5, 0.6) is 0 Å². The molecule has 32 heavy (non-hydrogen) atoms. The molecule has 2 amide bonds. The molecule has 0 aliphatic carbocycles. The molecule has 0 radical (unpaired) electrons. The predicted octanol–water partition coefficient (Wildman–Crippen LogP) is 2.66. The number of hydrogen-bond donors (Lipinski definition) is 0. The summed E-state index contributed by atoms with van der Waals surface area (Å²) in [5.41, 5.74) is 0.978. The Hall–Kier alpha value is -2.52. The van der Waals surface area contributed by atoms with E-state index in [1.54, 1.807) is 42.5 Å². The Labute approximate surface area is 192 Å². The van der Waals surface area contributed by atoms with Crippen molar-refractivity contribution in [2.24, 2.45) is 5.92 Å². The third-order valence-electron chi connectivity index (χ3n) is 5.82. The number of carbonyl (C=O) groups is 2. The highest BCUT2D eigenvalue weighted by molar-refractivity contribution is 7.99. The molecule has 1 fully saturated rings. The van der Waals surface area contributed by atoms with E-state index in [2.05, 4.69) is 9.97 Å². The summed E-state index contributed by atoms with van der Waals surface area (Å²) in [5.74, 6) is 0.247. The first-order valence-corrected chi connectivity index (χ1v) is 11.6. The Bertz CT molecular complexity index is 877. The van der Waals surface area contributed by atoms with Gasteiger partial charge in [-0.2, -0.15) is 0 Å². The summed E-state index contributed by atoms with van der Waals surface area (Å²) < 4.78 is 18.4. The summed E-state index contributed by atoms with van der Waals surface area (Å²) in [6.07, 6.45) is 5.55. The van der Waals surface area contributed by atoms with Crippen LogP contribution in [-0.4, -0.2) is 77.2 Å². The van der Waals surface area contributed by atoms with Crippen LogP contribution in [0.1, 0.15) is 18.4 Å². The number of thioether (sulfide) groups is 1. The van der Waals surface area contributed by atoms with E-state index in [4.69, 9.17) is 4.74 Å². The summed E-state index contributed by atoms with van der Waals surface area (Å²) in [6.45, 7) is 1.31. The lowest BCUT2D eigenvalue weighted by Crippen LogP contribution is -2.49. The van der Waals surface area contributed by atoms with E-state index in [1.165, 1.54) is 31.0 Å². The van der Waals surface area contributed by atoms with Gasteiger partial charge in [-0.3, -0.25) is 9.59 Å². The first kappa shape index (κ1) is 24.1. The van der Waals surface area contributed by atoms with Gasteiger partial charge in [0.1, 0.15) is 12.4 Å². The second-order valence-electron chi connectivity index (χ2n) is 7.87. The van der Waals surface area contributed by atoms with Crippen LogP contribution < -0.4 is 0 Å². The quantitative estimate of drug-likeness (QED) is 0.423. The van der Waals surface area contributed by atoms with Crippen LogP contribution in [0.25, 0.3) is 0 Å². The molecule has 9 heteroatoms. The minimum Gasteiger partial charge on any atom is -0.375 e. The van der Waals surface area contributed by atoms with Crippen LogP contribution >= 0.6 is 11.8 Å². The molecule has 172 valence electrons. The van der Waals surface area contributed by atoms with Crippen molar-refractivity contribution in [3.63, 3.8) is 0 Å². The Morgan fingerprint density at radius 2 is 1.88 bits per heavy atom. The molecule has 3 rings (SSSR count). The summed E-state index contributed by atoms with van der Waals surface area (Å²) >= 11 is 1.34. The van der Waals surface area contributed by atoms with E-state index in [0.717, 1.165) is 18.4 Å². The van der Waals surface area contributed by atoms with Gasteiger partial charge in [-0.15, -0.1) is 0 Å². The molecule has 7 nitrogen and oxygen atoms in total. The van der Waals surface area contributed by atoms with Gasteiger partial charge in [0.15, 0.2) is 5.16 Å². The molecule has 1 atom stereocenters. The molecule has 1 aliphatic heterocycles. The molecule has 2 aromatic rings. The van der Waals surface area contributed by atoms with Crippen LogP contribution in [0, 0.1) is 11.7 Å². The topological polar surface area (TPSA) is 75.6 Å². The van der Waals surface area contributed by atoms with Gasteiger partial charge in [0, 0.05) is 45.7 Å². The minimum atomic E-state index is -0.278. The Morgan fingerprint density at radius 1 is 1.22 bits per heavy atom. The average Bonchev–Trinajstić information content (AvgIpc) is 2.82. The minimum absolute atomic E-state index is 0.0204. The zero-order chi connectivity index (χ0) is 22.9. The first-order valence-electron chi connectivity index (χ1n) is 10.6. The van der Waals surface area contributed by atoms with Crippen LogP contribution in [0.3, 0.4) is 0 Å². The second kappa shape index (κ2) is 11.9. The summed E-state index contributed by atoms with van der Waals surface area (Å²) in [6, 6.07) is 8.11. The molecule has 0 N–H and O–H groups in total. The van der Waals surface area contributed by atoms with E-state index in [1.807, 2.05) is 4.90 Å². The molecular formula is C23H29FN4O3S. The van der Waals surface area contributed by atoms with E-state index < -0.39 is 0 Å². The maximum Gasteiger partial charge on any atom is 0.248 e. The number of halogens is 1. The Kier molecular flexibility index (Phi) is 8.99. The smallest absolute Gasteiger partial charge is 0.248 e. The van der Waals surface area contributed by atoms with E-state index >= 15 is 0 Å². The van der Waals surface area contributed by atoms with Gasteiger partial charge >= 0.3 is 0 Å². The average molecular weight is 461 g/mol. The number of amides is 2. The molecule has 1 aromatic carbocycles. The van der Waals surface area contributed by atoms with Crippen molar-refractivity contribution in [3.8, 4) is 0 Å². The molecule has 0 spiro atoms. The molecule has 0 unspecified atom stereocenters. The Morgan fingerprint density at radius 3 is 2.50 bits per heavy atom. The van der Waals surface area contributed by atoms with Crippen LogP contribution in [0.2, 0.25) is 0 Å². The number of aromatic nitrogens is 2. The van der Waals surface area contributed by atoms with Gasteiger partial charge < -0.3 is 14.5 Å². The monoisotopic (exact) mass is 460 g/mol. The van der Waals surface area contributed by atoms with Crippen molar-refractivity contribution in [2.75, 3.05) is 39.6 Å². The van der Waals surface area contributed by atoms with Gasteiger partial charge in [0.25, 0.3) is 0 Å². The van der Waals surface area contributed by atoms with Crippen molar-refractivity contribution in [1.82, 2.24) is 19.8 Å². The third-order valence-corrected chi connectivity index (χ3v) is 6.68. The summed E-state index contributed by atoms with van der Waals surface area (Å²) in [5, 5.41) is 0.591. The lowest BCUT2D eigenvalue weighted by Gasteiger charge is -2.40. The molecule has 1 saturated heterocycles. The number of nitrogens with zero attached hydrogens (tertiary/aromatic N) is 4. The lowest BCUT2D eigenvalue weighted by atomic mass is 9.85. The van der Waals surface area contributed by atoms with Gasteiger partial charge in [0.2, 0.25) is 11.8 Å². The fraction of sp³-hybridized carbons (Fsp3) is 0.478. The largest absolute Gasteiger partial charge is 0.375 e. The van der Waals surface area contributed by atoms with Crippen LogP contribution in [0.4, 0.5) is 4.39 Å². The second-order valence-corrected chi connectivity index (χ2v) is 8.82.